The molecule has 2 aromatic carbocycles. The van der Waals surface area contributed by atoms with Crippen LogP contribution in [0, 0.1) is 6.92 Å². The van der Waals surface area contributed by atoms with Crippen LogP contribution < -0.4 is 10.1 Å². The van der Waals surface area contributed by atoms with Gasteiger partial charge in [-0.05, 0) is 36.8 Å². The Hall–Kier alpha value is -2.37. The molecular weight excluding hydrogens is 356 g/mol. The van der Waals surface area contributed by atoms with Gasteiger partial charge in [0.25, 0.3) is 5.91 Å². The van der Waals surface area contributed by atoms with E-state index in [0.717, 1.165) is 27.6 Å². The molecule has 1 N–H and O–H groups in total. The number of nitrogens with zero attached hydrogens (tertiary/aromatic N) is 1. The Kier molecular flexibility index (Phi) is 5.68. The molecule has 0 atom stereocenters. The van der Waals surface area contributed by atoms with Crippen LogP contribution >= 0.6 is 22.9 Å². The minimum absolute atomic E-state index is 0.0465. The monoisotopic (exact) mass is 372 g/mol. The standard InChI is InChI=1S/C19H17ClN2O2S/c1-13-17(11-14-7-9-15(20)10-8-14)25-19(21-13)22-18(23)12-24-16-5-3-2-4-6-16/h2-10H,11-12H2,1H3,(H,21,22,23). The number of aryl methyl sites for hydroxylation is 1. The molecule has 0 saturated carbocycles. The van der Waals surface area contributed by atoms with Gasteiger partial charge in [0.2, 0.25) is 0 Å². The molecule has 0 fully saturated rings. The molecule has 3 rings (SSSR count). The number of amides is 1. The zero-order valence-electron chi connectivity index (χ0n) is 13.7. The number of halogens is 1. The summed E-state index contributed by atoms with van der Waals surface area (Å²) in [6.07, 6.45) is 0.761. The molecule has 128 valence electrons. The number of hydrogen-bond acceptors (Lipinski definition) is 4. The summed E-state index contributed by atoms with van der Waals surface area (Å²) in [5.74, 6) is 0.437. The molecule has 0 aliphatic rings. The predicted octanol–water partition coefficient (Wildman–Crippen LogP) is 4.71. The Morgan fingerprint density at radius 2 is 1.88 bits per heavy atom. The van der Waals surface area contributed by atoms with E-state index in [1.165, 1.54) is 11.3 Å². The third kappa shape index (κ3) is 5.05. The van der Waals surface area contributed by atoms with Gasteiger partial charge in [0.05, 0.1) is 5.69 Å². The summed E-state index contributed by atoms with van der Waals surface area (Å²) in [6.45, 7) is 1.90. The van der Waals surface area contributed by atoms with Crippen molar-refractivity contribution in [2.75, 3.05) is 11.9 Å². The molecule has 0 spiro atoms. The molecule has 3 aromatic rings. The van der Waals surface area contributed by atoms with E-state index < -0.39 is 0 Å². The Labute approximate surface area is 155 Å². The number of carbonyl (C=O) groups excluding carboxylic acids is 1. The number of carbonyl (C=O) groups is 1. The molecule has 0 radical (unpaired) electrons. The SMILES string of the molecule is Cc1nc(NC(=O)COc2ccccc2)sc1Cc1ccc(Cl)cc1. The van der Waals surface area contributed by atoms with Crippen LogP contribution in [-0.2, 0) is 11.2 Å². The van der Waals surface area contributed by atoms with Gasteiger partial charge in [-0.15, -0.1) is 11.3 Å². The maximum Gasteiger partial charge on any atom is 0.264 e. The van der Waals surface area contributed by atoms with Crippen molar-refractivity contribution in [2.45, 2.75) is 13.3 Å². The maximum atomic E-state index is 12.0. The second kappa shape index (κ2) is 8.14. The number of ether oxygens (including phenoxy) is 1. The normalized spacial score (nSPS) is 10.5. The lowest BCUT2D eigenvalue weighted by atomic mass is 10.1. The molecule has 0 bridgehead atoms. The van der Waals surface area contributed by atoms with Crippen LogP contribution in [0.5, 0.6) is 5.75 Å². The molecular formula is C19H17ClN2O2S. The third-order valence-corrected chi connectivity index (χ3v) is 4.85. The number of hydrogen-bond donors (Lipinski definition) is 1. The van der Waals surface area contributed by atoms with Crippen LogP contribution in [0.4, 0.5) is 5.13 Å². The Morgan fingerprint density at radius 3 is 2.60 bits per heavy atom. The van der Waals surface area contributed by atoms with Gasteiger partial charge in [-0.1, -0.05) is 41.9 Å². The minimum atomic E-state index is -0.226. The highest BCUT2D eigenvalue weighted by Gasteiger charge is 2.11. The van der Waals surface area contributed by atoms with E-state index in [1.807, 2.05) is 61.5 Å². The summed E-state index contributed by atoms with van der Waals surface area (Å²) in [6, 6.07) is 17.0. The van der Waals surface area contributed by atoms with Crippen LogP contribution in [0.25, 0.3) is 0 Å². The van der Waals surface area contributed by atoms with Crippen LogP contribution in [0.3, 0.4) is 0 Å². The molecule has 1 amide bonds. The van der Waals surface area contributed by atoms with Gasteiger partial charge < -0.3 is 4.74 Å². The van der Waals surface area contributed by atoms with E-state index in [9.17, 15) is 4.79 Å². The first-order valence-electron chi connectivity index (χ1n) is 7.78. The highest BCUT2D eigenvalue weighted by atomic mass is 35.5. The van der Waals surface area contributed by atoms with Crippen molar-refractivity contribution < 1.29 is 9.53 Å². The number of rotatable bonds is 6. The predicted molar refractivity (Wildman–Crippen MR) is 102 cm³/mol. The Bertz CT molecular complexity index is 848. The molecule has 4 nitrogen and oxygen atoms in total. The molecule has 1 aromatic heterocycles. The Balaban J connectivity index is 1.58. The van der Waals surface area contributed by atoms with Gasteiger partial charge in [0.15, 0.2) is 11.7 Å². The molecule has 0 saturated heterocycles. The molecule has 0 aliphatic carbocycles. The average molecular weight is 373 g/mol. The summed E-state index contributed by atoms with van der Waals surface area (Å²) in [5.41, 5.74) is 2.07. The maximum absolute atomic E-state index is 12.0. The van der Waals surface area contributed by atoms with Crippen molar-refractivity contribution in [3.63, 3.8) is 0 Å². The Morgan fingerprint density at radius 1 is 1.16 bits per heavy atom. The topological polar surface area (TPSA) is 51.2 Å². The number of para-hydroxylation sites is 1. The smallest absolute Gasteiger partial charge is 0.264 e. The minimum Gasteiger partial charge on any atom is -0.484 e. The first-order valence-corrected chi connectivity index (χ1v) is 8.98. The number of aromatic nitrogens is 1. The fourth-order valence-corrected chi connectivity index (χ4v) is 3.39. The van der Waals surface area contributed by atoms with Crippen LogP contribution in [0.2, 0.25) is 5.02 Å². The van der Waals surface area contributed by atoms with Crippen LogP contribution in [0.15, 0.2) is 54.6 Å². The fraction of sp³-hybridized carbons (Fsp3) is 0.158. The quantitative estimate of drug-likeness (QED) is 0.681. The van der Waals surface area contributed by atoms with Crippen molar-refractivity contribution in [1.82, 2.24) is 4.98 Å². The summed E-state index contributed by atoms with van der Waals surface area (Å²) >= 11 is 7.39. The highest BCUT2D eigenvalue weighted by molar-refractivity contribution is 7.15. The van der Waals surface area contributed by atoms with Gasteiger partial charge in [0.1, 0.15) is 5.75 Å². The van der Waals surface area contributed by atoms with Gasteiger partial charge in [0, 0.05) is 16.3 Å². The van der Waals surface area contributed by atoms with Gasteiger partial charge in [-0.25, -0.2) is 4.98 Å². The zero-order valence-corrected chi connectivity index (χ0v) is 15.2. The van der Waals surface area contributed by atoms with E-state index in [0.29, 0.717) is 10.9 Å². The summed E-state index contributed by atoms with van der Waals surface area (Å²) in [5, 5.41) is 4.10. The summed E-state index contributed by atoms with van der Waals surface area (Å²) < 4.78 is 5.44. The molecule has 6 heteroatoms. The molecule has 25 heavy (non-hydrogen) atoms. The lowest BCUT2D eigenvalue weighted by Gasteiger charge is -2.05. The lowest BCUT2D eigenvalue weighted by molar-refractivity contribution is -0.118. The van der Waals surface area contributed by atoms with Crippen molar-refractivity contribution in [3.8, 4) is 5.75 Å². The first-order chi connectivity index (χ1) is 12.1. The summed E-state index contributed by atoms with van der Waals surface area (Å²) in [4.78, 5) is 17.6. The number of benzene rings is 2. The van der Waals surface area contributed by atoms with E-state index in [2.05, 4.69) is 10.3 Å². The van der Waals surface area contributed by atoms with Crippen LogP contribution in [0.1, 0.15) is 16.1 Å². The molecule has 1 heterocycles. The van der Waals surface area contributed by atoms with Crippen molar-refractivity contribution in [2.24, 2.45) is 0 Å². The van der Waals surface area contributed by atoms with Gasteiger partial charge in [-0.3, -0.25) is 10.1 Å². The van der Waals surface area contributed by atoms with Crippen LogP contribution in [-0.4, -0.2) is 17.5 Å². The van der Waals surface area contributed by atoms with Gasteiger partial charge in [-0.2, -0.15) is 0 Å². The first kappa shape index (κ1) is 17.5. The average Bonchev–Trinajstić information content (AvgIpc) is 2.95. The second-order valence-corrected chi connectivity index (χ2v) is 7.00. The van der Waals surface area contributed by atoms with E-state index in [1.54, 1.807) is 0 Å². The van der Waals surface area contributed by atoms with E-state index >= 15 is 0 Å². The van der Waals surface area contributed by atoms with E-state index in [4.69, 9.17) is 16.3 Å². The molecule has 0 unspecified atom stereocenters. The lowest BCUT2D eigenvalue weighted by Crippen LogP contribution is -2.20. The number of thiazole rings is 1. The van der Waals surface area contributed by atoms with E-state index in [-0.39, 0.29) is 12.5 Å². The van der Waals surface area contributed by atoms with Crippen molar-refractivity contribution in [3.05, 3.63) is 75.8 Å². The number of anilines is 1. The molecule has 0 aliphatic heterocycles. The van der Waals surface area contributed by atoms with Gasteiger partial charge >= 0.3 is 0 Å². The summed E-state index contributed by atoms with van der Waals surface area (Å²) in [7, 11) is 0. The fourth-order valence-electron chi connectivity index (χ4n) is 2.25. The van der Waals surface area contributed by atoms with Crippen molar-refractivity contribution in [1.29, 1.82) is 0 Å². The third-order valence-electron chi connectivity index (χ3n) is 3.53. The largest absolute Gasteiger partial charge is 0.484 e. The van der Waals surface area contributed by atoms with Crippen molar-refractivity contribution >= 4 is 34.0 Å². The highest BCUT2D eigenvalue weighted by Crippen LogP contribution is 2.25. The second-order valence-electron chi connectivity index (χ2n) is 5.48. The number of nitrogens with one attached hydrogen (secondary N) is 1. The zero-order chi connectivity index (χ0) is 17.6.